The van der Waals surface area contributed by atoms with Gasteiger partial charge in [-0.05, 0) is 47.7 Å². The Morgan fingerprint density at radius 2 is 1.35 bits per heavy atom. The van der Waals surface area contributed by atoms with Gasteiger partial charge in [0.15, 0.2) is 0 Å². The molecular formula is C39H41N5O5. The van der Waals surface area contributed by atoms with Crippen LogP contribution in [-0.2, 0) is 46.9 Å². The van der Waals surface area contributed by atoms with E-state index in [0.717, 1.165) is 22.3 Å². The Balaban J connectivity index is 1.30. The average Bonchev–Trinajstić information content (AvgIpc) is 3.64. The molecule has 5 rings (SSSR count). The van der Waals surface area contributed by atoms with Crippen molar-refractivity contribution in [3.63, 3.8) is 0 Å². The first-order valence-electron chi connectivity index (χ1n) is 16.2. The summed E-state index contributed by atoms with van der Waals surface area (Å²) in [6, 6.07) is 35.2. The topological polar surface area (TPSA) is 126 Å². The van der Waals surface area contributed by atoms with E-state index in [0.29, 0.717) is 24.5 Å². The fraction of sp³-hybridized carbons (Fsp3) is 0.231. The Hall–Kier alpha value is -5.90. The number of hydrogen-bond donors (Lipinski definition) is 3. The third kappa shape index (κ3) is 11.4. The maximum atomic E-state index is 14.2. The van der Waals surface area contributed by atoms with Gasteiger partial charge in [0.2, 0.25) is 11.8 Å². The zero-order chi connectivity index (χ0) is 34.3. The molecule has 0 radical (unpaired) electrons. The van der Waals surface area contributed by atoms with Crippen LogP contribution in [-0.4, -0.2) is 51.4 Å². The van der Waals surface area contributed by atoms with E-state index in [1.54, 1.807) is 6.20 Å². The summed E-state index contributed by atoms with van der Waals surface area (Å²) >= 11 is 0. The summed E-state index contributed by atoms with van der Waals surface area (Å²) < 4.78 is 11.4. The van der Waals surface area contributed by atoms with Gasteiger partial charge in [-0.3, -0.25) is 9.59 Å². The van der Waals surface area contributed by atoms with E-state index in [1.165, 1.54) is 11.2 Å². The lowest BCUT2D eigenvalue weighted by atomic mass is 10.1. The first-order valence-corrected chi connectivity index (χ1v) is 16.2. The van der Waals surface area contributed by atoms with Crippen molar-refractivity contribution in [2.75, 3.05) is 6.54 Å². The molecular weight excluding hydrogens is 618 g/mol. The molecule has 49 heavy (non-hydrogen) atoms. The van der Waals surface area contributed by atoms with Crippen LogP contribution in [0.15, 0.2) is 128 Å². The number of carbonyl (C=O) groups excluding carboxylic acids is 3. The average molecular weight is 660 g/mol. The molecule has 0 aliphatic heterocycles. The molecule has 2 atom stereocenters. The van der Waals surface area contributed by atoms with Crippen LogP contribution in [0.5, 0.6) is 5.75 Å². The Labute approximate surface area is 286 Å². The Morgan fingerprint density at radius 1 is 0.735 bits per heavy atom. The standard InChI is InChI=1S/C39H41N5O5/c1-29(21-30-11-5-2-6-12-30)42-37(45)25-44(24-31-17-19-35(20-18-31)48-26-32-13-7-3-8-14-32)38(46)36(22-34-23-40-28-41-34)43-39(47)49-27-33-15-9-4-10-16-33/h2-20,23,28-29,36H,21-22,24-27H2,1H3,(H,40,41)(H,42,45)(H,43,47)/t29-,36+/m1/s1. The predicted molar refractivity (Wildman–Crippen MR) is 186 cm³/mol. The van der Waals surface area contributed by atoms with E-state index in [4.69, 9.17) is 9.47 Å². The van der Waals surface area contributed by atoms with Crippen LogP contribution >= 0.6 is 0 Å². The molecule has 0 unspecified atom stereocenters. The number of imidazole rings is 1. The predicted octanol–water partition coefficient (Wildman–Crippen LogP) is 5.60. The number of amides is 3. The maximum Gasteiger partial charge on any atom is 0.408 e. The van der Waals surface area contributed by atoms with Crippen LogP contribution in [0.3, 0.4) is 0 Å². The Bertz CT molecular complexity index is 1730. The monoisotopic (exact) mass is 659 g/mol. The maximum absolute atomic E-state index is 14.2. The summed E-state index contributed by atoms with van der Waals surface area (Å²) in [4.78, 5) is 49.1. The fourth-order valence-corrected chi connectivity index (χ4v) is 5.32. The molecule has 0 bridgehead atoms. The van der Waals surface area contributed by atoms with Gasteiger partial charge in [-0.1, -0.05) is 103 Å². The summed E-state index contributed by atoms with van der Waals surface area (Å²) in [6.07, 6.45) is 3.11. The van der Waals surface area contributed by atoms with Crippen molar-refractivity contribution in [3.8, 4) is 5.75 Å². The van der Waals surface area contributed by atoms with E-state index in [1.807, 2.05) is 122 Å². The zero-order valence-corrected chi connectivity index (χ0v) is 27.5. The summed E-state index contributed by atoms with van der Waals surface area (Å²) in [5.74, 6) is -0.0778. The van der Waals surface area contributed by atoms with E-state index in [2.05, 4.69) is 20.6 Å². The minimum Gasteiger partial charge on any atom is -0.489 e. The van der Waals surface area contributed by atoms with Crippen LogP contribution < -0.4 is 15.4 Å². The van der Waals surface area contributed by atoms with E-state index in [9.17, 15) is 14.4 Å². The second kappa shape index (κ2) is 17.9. The van der Waals surface area contributed by atoms with Crippen LogP contribution in [0.2, 0.25) is 0 Å². The molecule has 0 saturated carbocycles. The molecule has 3 amide bonds. The lowest BCUT2D eigenvalue weighted by molar-refractivity contribution is -0.138. The molecule has 0 aliphatic carbocycles. The highest BCUT2D eigenvalue weighted by Crippen LogP contribution is 2.17. The number of aromatic nitrogens is 2. The highest BCUT2D eigenvalue weighted by Gasteiger charge is 2.29. The molecule has 10 heteroatoms. The number of benzene rings is 4. The van der Waals surface area contributed by atoms with Crippen molar-refractivity contribution < 1.29 is 23.9 Å². The third-order valence-corrected chi connectivity index (χ3v) is 7.77. The van der Waals surface area contributed by atoms with Gasteiger partial charge in [-0.2, -0.15) is 0 Å². The summed E-state index contributed by atoms with van der Waals surface area (Å²) in [6.45, 7) is 2.30. The summed E-state index contributed by atoms with van der Waals surface area (Å²) in [7, 11) is 0. The molecule has 1 heterocycles. The third-order valence-electron chi connectivity index (χ3n) is 7.77. The minimum atomic E-state index is -1.04. The summed E-state index contributed by atoms with van der Waals surface area (Å²) in [5, 5.41) is 5.75. The van der Waals surface area contributed by atoms with Gasteiger partial charge < -0.3 is 30.0 Å². The summed E-state index contributed by atoms with van der Waals surface area (Å²) in [5.41, 5.74) is 4.39. The fourth-order valence-electron chi connectivity index (χ4n) is 5.32. The molecule has 0 spiro atoms. The number of rotatable bonds is 16. The van der Waals surface area contributed by atoms with Gasteiger partial charge >= 0.3 is 6.09 Å². The van der Waals surface area contributed by atoms with Crippen molar-refractivity contribution in [1.82, 2.24) is 25.5 Å². The molecule has 0 fully saturated rings. The number of ether oxygens (including phenoxy) is 2. The molecule has 3 N–H and O–H groups in total. The lowest BCUT2D eigenvalue weighted by Crippen LogP contribution is -2.52. The normalized spacial score (nSPS) is 11.9. The molecule has 1 aromatic heterocycles. The number of hydrogen-bond acceptors (Lipinski definition) is 6. The molecule has 4 aromatic carbocycles. The Kier molecular flexibility index (Phi) is 12.6. The second-order valence-corrected chi connectivity index (χ2v) is 11.8. The number of alkyl carbamates (subject to hydrolysis) is 1. The highest BCUT2D eigenvalue weighted by atomic mass is 16.5. The molecule has 10 nitrogen and oxygen atoms in total. The van der Waals surface area contributed by atoms with Gasteiger partial charge in [0.25, 0.3) is 0 Å². The SMILES string of the molecule is C[C@H](Cc1ccccc1)NC(=O)CN(Cc1ccc(OCc2ccccc2)cc1)C(=O)[C@H](Cc1cnc[nH]1)NC(=O)OCc1ccccc1. The van der Waals surface area contributed by atoms with Gasteiger partial charge in [-0.25, -0.2) is 9.78 Å². The molecule has 0 aliphatic rings. The number of H-pyrrole nitrogens is 1. The molecule has 252 valence electrons. The van der Waals surface area contributed by atoms with Gasteiger partial charge in [0, 0.05) is 30.9 Å². The van der Waals surface area contributed by atoms with E-state index < -0.39 is 18.0 Å². The van der Waals surface area contributed by atoms with Crippen molar-refractivity contribution in [2.24, 2.45) is 0 Å². The van der Waals surface area contributed by atoms with Crippen molar-refractivity contribution in [1.29, 1.82) is 0 Å². The quantitative estimate of drug-likeness (QED) is 0.127. The zero-order valence-electron chi connectivity index (χ0n) is 27.5. The van der Waals surface area contributed by atoms with Crippen molar-refractivity contribution in [2.45, 2.75) is 51.6 Å². The minimum absolute atomic E-state index is 0.0434. The largest absolute Gasteiger partial charge is 0.489 e. The Morgan fingerprint density at radius 3 is 1.96 bits per heavy atom. The molecule has 0 saturated heterocycles. The van der Waals surface area contributed by atoms with E-state index in [-0.39, 0.29) is 38.1 Å². The van der Waals surface area contributed by atoms with Crippen LogP contribution in [0.4, 0.5) is 4.79 Å². The van der Waals surface area contributed by atoms with E-state index >= 15 is 0 Å². The van der Waals surface area contributed by atoms with Gasteiger partial charge in [-0.15, -0.1) is 0 Å². The van der Waals surface area contributed by atoms with Crippen LogP contribution in [0.25, 0.3) is 0 Å². The number of nitrogens with zero attached hydrogens (tertiary/aromatic N) is 2. The van der Waals surface area contributed by atoms with Crippen LogP contribution in [0.1, 0.15) is 34.9 Å². The van der Waals surface area contributed by atoms with Crippen LogP contribution in [0, 0.1) is 0 Å². The lowest BCUT2D eigenvalue weighted by Gasteiger charge is -2.28. The number of nitrogens with one attached hydrogen (secondary N) is 3. The first-order chi connectivity index (χ1) is 23.9. The van der Waals surface area contributed by atoms with Gasteiger partial charge in [0.1, 0.15) is 25.0 Å². The second-order valence-electron chi connectivity index (χ2n) is 11.8. The molecule has 5 aromatic rings. The number of carbonyl (C=O) groups is 3. The van der Waals surface area contributed by atoms with Crippen molar-refractivity contribution in [3.05, 3.63) is 156 Å². The van der Waals surface area contributed by atoms with Crippen molar-refractivity contribution >= 4 is 17.9 Å². The number of aromatic amines is 1. The smallest absolute Gasteiger partial charge is 0.408 e. The highest BCUT2D eigenvalue weighted by molar-refractivity contribution is 5.89. The van der Waals surface area contributed by atoms with Gasteiger partial charge in [0.05, 0.1) is 12.9 Å². The first kappa shape index (κ1) is 34.4.